The minimum atomic E-state index is 0.295. The van der Waals surface area contributed by atoms with Gasteiger partial charge in [-0.25, -0.2) is 0 Å². The quantitative estimate of drug-likeness (QED) is 0.531. The first-order valence-electron chi connectivity index (χ1n) is 9.59. The highest BCUT2D eigenvalue weighted by molar-refractivity contribution is 7.09. The number of hydrogen-bond acceptors (Lipinski definition) is 4. The summed E-state index contributed by atoms with van der Waals surface area (Å²) in [6.45, 7) is 1.49. The van der Waals surface area contributed by atoms with Crippen LogP contribution >= 0.6 is 11.3 Å². The van der Waals surface area contributed by atoms with E-state index in [1.54, 1.807) is 25.5 Å². The van der Waals surface area contributed by atoms with Gasteiger partial charge in [0.25, 0.3) is 0 Å². The predicted molar refractivity (Wildman–Crippen MR) is 112 cm³/mol. The number of ether oxygens (including phenoxy) is 2. The Kier molecular flexibility index (Phi) is 7.39. The molecule has 0 atom stereocenters. The molecule has 0 saturated heterocycles. The van der Waals surface area contributed by atoms with Crippen LogP contribution in [0.1, 0.15) is 36.1 Å². The van der Waals surface area contributed by atoms with E-state index in [4.69, 9.17) is 9.47 Å². The molecule has 2 aromatic rings. The molecule has 0 aliphatic heterocycles. The van der Waals surface area contributed by atoms with Gasteiger partial charge in [-0.1, -0.05) is 18.2 Å². The van der Waals surface area contributed by atoms with Crippen molar-refractivity contribution in [2.45, 2.75) is 44.8 Å². The summed E-state index contributed by atoms with van der Waals surface area (Å²) < 4.78 is 11.8. The number of methoxy groups -OCH3 is 1. The van der Waals surface area contributed by atoms with E-state index in [9.17, 15) is 0 Å². The Labute approximate surface area is 165 Å². The van der Waals surface area contributed by atoms with Crippen LogP contribution in [0.25, 0.3) is 0 Å². The molecule has 0 amide bonds. The van der Waals surface area contributed by atoms with Gasteiger partial charge < -0.3 is 20.1 Å². The lowest BCUT2D eigenvalue weighted by Crippen LogP contribution is -2.37. The highest BCUT2D eigenvalue weighted by atomic mass is 32.1. The van der Waals surface area contributed by atoms with Crippen LogP contribution in [0.4, 0.5) is 0 Å². The Morgan fingerprint density at radius 3 is 2.74 bits per heavy atom. The molecule has 1 aliphatic carbocycles. The van der Waals surface area contributed by atoms with Crippen molar-refractivity contribution in [3.05, 3.63) is 46.2 Å². The van der Waals surface area contributed by atoms with Crippen LogP contribution < -0.4 is 20.1 Å². The van der Waals surface area contributed by atoms with E-state index >= 15 is 0 Å². The molecule has 5 nitrogen and oxygen atoms in total. The molecule has 0 bridgehead atoms. The van der Waals surface area contributed by atoms with Gasteiger partial charge in [-0.2, -0.15) is 0 Å². The summed E-state index contributed by atoms with van der Waals surface area (Å²) in [7, 11) is 3.49. The van der Waals surface area contributed by atoms with Gasteiger partial charge in [-0.3, -0.25) is 4.99 Å². The summed E-state index contributed by atoms with van der Waals surface area (Å²) in [6.07, 6.45) is 6.02. The van der Waals surface area contributed by atoms with Crippen molar-refractivity contribution >= 4 is 17.3 Å². The summed E-state index contributed by atoms with van der Waals surface area (Å²) >= 11 is 1.78. The van der Waals surface area contributed by atoms with Crippen LogP contribution in [-0.4, -0.2) is 32.8 Å². The summed E-state index contributed by atoms with van der Waals surface area (Å²) in [5.41, 5.74) is 1.09. The normalized spacial score (nSPS) is 15.0. The first-order chi connectivity index (χ1) is 13.3. The van der Waals surface area contributed by atoms with Crippen molar-refractivity contribution < 1.29 is 9.47 Å². The summed E-state index contributed by atoms with van der Waals surface area (Å²) in [4.78, 5) is 5.70. The van der Waals surface area contributed by atoms with E-state index in [1.165, 1.54) is 17.7 Å². The Hall–Kier alpha value is -2.21. The van der Waals surface area contributed by atoms with Crippen LogP contribution in [0.15, 0.2) is 40.7 Å². The summed E-state index contributed by atoms with van der Waals surface area (Å²) in [5.74, 6) is 2.44. The highest BCUT2D eigenvalue weighted by Gasteiger charge is 2.20. The molecule has 1 saturated carbocycles. The van der Waals surface area contributed by atoms with Crippen molar-refractivity contribution in [1.29, 1.82) is 0 Å². The van der Waals surface area contributed by atoms with Gasteiger partial charge in [0.15, 0.2) is 17.5 Å². The zero-order chi connectivity index (χ0) is 18.9. The molecule has 0 unspecified atom stereocenters. The molecule has 1 aromatic heterocycles. The molecule has 1 heterocycles. The summed E-state index contributed by atoms with van der Waals surface area (Å²) in [5, 5.41) is 8.87. The topological polar surface area (TPSA) is 54.9 Å². The number of hydrogen-bond donors (Lipinski definition) is 2. The van der Waals surface area contributed by atoms with Crippen LogP contribution in [-0.2, 0) is 13.0 Å². The molecule has 2 N–H and O–H groups in total. The lowest BCUT2D eigenvalue weighted by atomic mass is 10.1. The average Bonchev–Trinajstić information content (AvgIpc) is 3.39. The second-order valence-electron chi connectivity index (χ2n) is 6.65. The molecular formula is C21H29N3O2S. The zero-order valence-electron chi connectivity index (χ0n) is 16.2. The second kappa shape index (κ2) is 10.2. The largest absolute Gasteiger partial charge is 0.493 e. The van der Waals surface area contributed by atoms with Crippen LogP contribution in [0.5, 0.6) is 11.5 Å². The second-order valence-corrected chi connectivity index (χ2v) is 7.69. The van der Waals surface area contributed by atoms with Crippen LogP contribution in [0, 0.1) is 0 Å². The molecule has 146 valence electrons. The van der Waals surface area contributed by atoms with Gasteiger partial charge in [0.2, 0.25) is 0 Å². The fraction of sp³-hybridized carbons (Fsp3) is 0.476. The third kappa shape index (κ3) is 5.63. The van der Waals surface area contributed by atoms with Gasteiger partial charge >= 0.3 is 0 Å². The third-order valence-electron chi connectivity index (χ3n) is 4.78. The number of thiophene rings is 1. The van der Waals surface area contributed by atoms with E-state index in [2.05, 4.69) is 39.2 Å². The Morgan fingerprint density at radius 1 is 1.19 bits per heavy atom. The number of para-hydroxylation sites is 1. The molecule has 1 fully saturated rings. The molecule has 6 heteroatoms. The smallest absolute Gasteiger partial charge is 0.191 e. The maximum Gasteiger partial charge on any atom is 0.191 e. The molecule has 0 radical (unpaired) electrons. The fourth-order valence-electron chi connectivity index (χ4n) is 3.33. The van der Waals surface area contributed by atoms with Crippen LogP contribution in [0.2, 0.25) is 0 Å². The molecule has 1 aliphatic rings. The SMILES string of the molecule is CN=C(NCCc1cccs1)NCc1cccc(OC)c1OC1CCCC1. The number of nitrogens with zero attached hydrogens (tertiary/aromatic N) is 1. The van der Waals surface area contributed by atoms with Crippen LogP contribution in [0.3, 0.4) is 0 Å². The predicted octanol–water partition coefficient (Wildman–Crippen LogP) is 3.99. The number of aliphatic imine (C=N–C) groups is 1. The minimum Gasteiger partial charge on any atom is -0.493 e. The van der Waals surface area contributed by atoms with Crippen molar-refractivity contribution in [2.24, 2.45) is 4.99 Å². The van der Waals surface area contributed by atoms with Gasteiger partial charge in [0.05, 0.1) is 13.2 Å². The molecule has 3 rings (SSSR count). The molecule has 0 spiro atoms. The van der Waals surface area contributed by atoms with Crippen molar-refractivity contribution in [1.82, 2.24) is 10.6 Å². The molecule has 1 aromatic carbocycles. The van der Waals surface area contributed by atoms with E-state index in [1.807, 2.05) is 12.1 Å². The average molecular weight is 388 g/mol. The van der Waals surface area contributed by atoms with Gasteiger partial charge in [-0.15, -0.1) is 11.3 Å². The number of nitrogens with one attached hydrogen (secondary N) is 2. The Bertz CT molecular complexity index is 725. The maximum atomic E-state index is 6.30. The van der Waals surface area contributed by atoms with Gasteiger partial charge in [-0.05, 0) is 49.6 Å². The number of guanidine groups is 1. The highest BCUT2D eigenvalue weighted by Crippen LogP contribution is 2.34. The van der Waals surface area contributed by atoms with E-state index in [0.29, 0.717) is 12.6 Å². The summed E-state index contributed by atoms with van der Waals surface area (Å²) in [6, 6.07) is 10.3. The van der Waals surface area contributed by atoms with E-state index < -0.39 is 0 Å². The Balaban J connectivity index is 1.58. The van der Waals surface area contributed by atoms with E-state index in [-0.39, 0.29) is 0 Å². The first kappa shape index (κ1) is 19.5. The van der Waals surface area contributed by atoms with Crippen molar-refractivity contribution in [2.75, 3.05) is 20.7 Å². The fourth-order valence-corrected chi connectivity index (χ4v) is 4.04. The standard InChI is InChI=1S/C21H29N3O2S/c1-22-21(23-13-12-18-10-6-14-27-18)24-15-16-7-5-11-19(25-2)20(16)26-17-8-3-4-9-17/h5-7,10-11,14,17H,3-4,8-9,12-13,15H2,1-2H3,(H2,22,23,24). The number of benzene rings is 1. The Morgan fingerprint density at radius 2 is 2.04 bits per heavy atom. The lowest BCUT2D eigenvalue weighted by Gasteiger charge is -2.20. The number of rotatable bonds is 8. The maximum absolute atomic E-state index is 6.30. The van der Waals surface area contributed by atoms with Gasteiger partial charge in [0, 0.05) is 30.6 Å². The first-order valence-corrected chi connectivity index (χ1v) is 10.5. The monoisotopic (exact) mass is 387 g/mol. The van der Waals surface area contributed by atoms with Crippen molar-refractivity contribution in [3.63, 3.8) is 0 Å². The minimum absolute atomic E-state index is 0.295. The van der Waals surface area contributed by atoms with Crippen molar-refractivity contribution in [3.8, 4) is 11.5 Å². The van der Waals surface area contributed by atoms with E-state index in [0.717, 1.165) is 48.8 Å². The zero-order valence-corrected chi connectivity index (χ0v) is 17.0. The van der Waals surface area contributed by atoms with Gasteiger partial charge in [0.1, 0.15) is 0 Å². The lowest BCUT2D eigenvalue weighted by molar-refractivity contribution is 0.198. The third-order valence-corrected chi connectivity index (χ3v) is 5.72. The molecule has 27 heavy (non-hydrogen) atoms. The molecular weight excluding hydrogens is 358 g/mol.